The van der Waals surface area contributed by atoms with Crippen molar-refractivity contribution in [1.82, 2.24) is 9.88 Å². The van der Waals surface area contributed by atoms with Gasteiger partial charge in [-0.3, -0.25) is 14.4 Å². The first kappa shape index (κ1) is 25.6. The number of hydrogen-bond acceptors (Lipinski definition) is 7. The van der Waals surface area contributed by atoms with Crippen LogP contribution in [0.5, 0.6) is 17.2 Å². The number of halogens is 1. The zero-order chi connectivity index (χ0) is 27.5. The first-order chi connectivity index (χ1) is 18.0. The Bertz CT molecular complexity index is 1630. The highest BCUT2D eigenvalue weighted by molar-refractivity contribution is 6.31. The van der Waals surface area contributed by atoms with Gasteiger partial charge in [-0.25, -0.2) is 0 Å². The lowest BCUT2D eigenvalue weighted by Crippen LogP contribution is -2.41. The van der Waals surface area contributed by atoms with E-state index in [0.717, 1.165) is 17.3 Å². The molecule has 2 aromatic carbocycles. The van der Waals surface area contributed by atoms with Gasteiger partial charge in [0.15, 0.2) is 17.3 Å². The molecule has 0 saturated heterocycles. The van der Waals surface area contributed by atoms with Crippen LogP contribution in [0.25, 0.3) is 10.9 Å². The third-order valence-corrected chi connectivity index (χ3v) is 7.70. The minimum atomic E-state index is -1.53. The fourth-order valence-corrected chi connectivity index (χ4v) is 5.49. The minimum Gasteiger partial charge on any atom is -0.507 e. The number of benzene rings is 2. The Morgan fingerprint density at radius 1 is 1.16 bits per heavy atom. The fraction of sp³-hybridized carbons (Fsp3) is 0.276. The van der Waals surface area contributed by atoms with Gasteiger partial charge in [-0.05, 0) is 57.7 Å². The molecule has 2 aliphatic rings. The summed E-state index contributed by atoms with van der Waals surface area (Å²) in [7, 11) is 0. The van der Waals surface area contributed by atoms with Crippen LogP contribution in [0.4, 0.5) is 0 Å². The molecule has 1 aromatic heterocycles. The van der Waals surface area contributed by atoms with Crippen LogP contribution < -0.4 is 10.1 Å². The molecule has 0 fully saturated rings. The summed E-state index contributed by atoms with van der Waals surface area (Å²) in [4.78, 5) is 39.2. The Kier molecular flexibility index (Phi) is 6.10. The molecule has 38 heavy (non-hydrogen) atoms. The number of aromatic nitrogens is 1. The number of aryl methyl sites for hydroxylation is 1. The van der Waals surface area contributed by atoms with E-state index in [1.165, 1.54) is 19.9 Å². The van der Waals surface area contributed by atoms with E-state index in [-0.39, 0.29) is 39.5 Å². The van der Waals surface area contributed by atoms with Crippen molar-refractivity contribution >= 4 is 39.9 Å². The van der Waals surface area contributed by atoms with Crippen molar-refractivity contribution in [3.63, 3.8) is 0 Å². The third-order valence-electron chi connectivity index (χ3n) is 7.46. The van der Waals surface area contributed by atoms with E-state index in [1.807, 2.05) is 30.5 Å². The van der Waals surface area contributed by atoms with Gasteiger partial charge in [-0.2, -0.15) is 0 Å². The number of phenols is 2. The minimum absolute atomic E-state index is 0.0139. The Morgan fingerprint density at radius 3 is 2.61 bits per heavy atom. The second kappa shape index (κ2) is 9.06. The number of carbonyl (C=O) groups excluding carboxylic acids is 3. The van der Waals surface area contributed by atoms with Crippen LogP contribution in [0.1, 0.15) is 48.7 Å². The molecule has 0 bridgehead atoms. The first-order valence-electron chi connectivity index (χ1n) is 12.2. The van der Waals surface area contributed by atoms with Crippen LogP contribution in [0.3, 0.4) is 0 Å². The molecule has 8 nitrogen and oxygen atoms in total. The highest BCUT2D eigenvalue weighted by Gasteiger charge is 2.56. The Balaban J connectivity index is 1.42. The molecule has 1 atom stereocenters. The van der Waals surface area contributed by atoms with E-state index < -0.39 is 28.5 Å². The van der Waals surface area contributed by atoms with Gasteiger partial charge in [0, 0.05) is 47.2 Å². The van der Waals surface area contributed by atoms with E-state index in [9.17, 15) is 24.6 Å². The smallest absolute Gasteiger partial charge is 0.194 e. The lowest BCUT2D eigenvalue weighted by atomic mass is 9.70. The summed E-state index contributed by atoms with van der Waals surface area (Å²) in [5, 5.41) is 26.4. The molecule has 5 rings (SSSR count). The summed E-state index contributed by atoms with van der Waals surface area (Å²) < 4.78 is 7.89. The maximum atomic E-state index is 13.9. The van der Waals surface area contributed by atoms with Crippen molar-refractivity contribution in [3.8, 4) is 17.2 Å². The second-order valence-electron chi connectivity index (χ2n) is 9.88. The Hall–Kier alpha value is -4.04. The van der Waals surface area contributed by atoms with Gasteiger partial charge < -0.3 is 24.8 Å². The number of ether oxygens (including phenoxy) is 1. The standard InChI is InChI=1S/C29H27ClN2O6/c1-14-25(35)23(16(3)33)27-24(26(14)36)29(4)21(38-27)13-20(34)22(28(29)37)15(2)31-9-5-10-32-11-8-17-6-7-18(30)12-19(17)32/h6-8,11-13,31,35-36H,5,9-10H2,1-4H3/b22-15+/t29-/m0/s1. The van der Waals surface area contributed by atoms with Crippen molar-refractivity contribution in [1.29, 1.82) is 0 Å². The molecule has 3 aromatic rings. The van der Waals surface area contributed by atoms with Gasteiger partial charge in [0.25, 0.3) is 0 Å². The average molecular weight is 535 g/mol. The maximum absolute atomic E-state index is 13.9. The van der Waals surface area contributed by atoms with E-state index in [1.54, 1.807) is 13.8 Å². The normalized spacial score (nSPS) is 19.7. The Labute approximate surface area is 224 Å². The van der Waals surface area contributed by atoms with Gasteiger partial charge in [0.1, 0.15) is 34.0 Å². The maximum Gasteiger partial charge on any atom is 0.194 e. The largest absolute Gasteiger partial charge is 0.507 e. The quantitative estimate of drug-likeness (QED) is 0.179. The van der Waals surface area contributed by atoms with Crippen LogP contribution in [-0.2, 0) is 21.5 Å². The van der Waals surface area contributed by atoms with Crippen molar-refractivity contribution in [2.75, 3.05) is 6.54 Å². The molecule has 1 aliphatic carbocycles. The molecule has 196 valence electrons. The third kappa shape index (κ3) is 3.70. The van der Waals surface area contributed by atoms with Crippen LogP contribution >= 0.6 is 11.6 Å². The van der Waals surface area contributed by atoms with Crippen LogP contribution in [0.15, 0.2) is 53.6 Å². The molecule has 0 amide bonds. The monoisotopic (exact) mass is 534 g/mol. The lowest BCUT2D eigenvalue weighted by molar-refractivity contribution is -0.123. The number of nitrogens with zero attached hydrogens (tertiary/aromatic N) is 1. The molecule has 1 aliphatic heterocycles. The zero-order valence-corrected chi connectivity index (χ0v) is 22.2. The summed E-state index contributed by atoms with van der Waals surface area (Å²) in [5.41, 5.74) is -0.132. The van der Waals surface area contributed by atoms with Crippen molar-refractivity contribution in [3.05, 3.63) is 75.3 Å². The molecule has 2 heterocycles. The van der Waals surface area contributed by atoms with Crippen LogP contribution in [-0.4, -0.2) is 38.7 Å². The number of carbonyl (C=O) groups is 3. The molecular formula is C29H27ClN2O6. The van der Waals surface area contributed by atoms with Gasteiger partial charge in [0.05, 0.1) is 11.1 Å². The molecule has 0 radical (unpaired) electrons. The molecule has 3 N–H and O–H groups in total. The summed E-state index contributed by atoms with van der Waals surface area (Å²) in [6.07, 6.45) is 3.93. The first-order valence-corrected chi connectivity index (χ1v) is 12.6. The van der Waals surface area contributed by atoms with E-state index >= 15 is 0 Å². The summed E-state index contributed by atoms with van der Waals surface area (Å²) in [6.45, 7) is 7.13. The van der Waals surface area contributed by atoms with Crippen LogP contribution in [0.2, 0.25) is 5.02 Å². The van der Waals surface area contributed by atoms with Gasteiger partial charge in [-0.1, -0.05) is 17.7 Å². The van der Waals surface area contributed by atoms with E-state index in [2.05, 4.69) is 9.88 Å². The number of ketones is 3. The van der Waals surface area contributed by atoms with Gasteiger partial charge in [0.2, 0.25) is 0 Å². The fourth-order valence-electron chi connectivity index (χ4n) is 5.33. The number of Topliss-reactive ketones (excluding diaryl/α,β-unsaturated/α-hetero) is 2. The van der Waals surface area contributed by atoms with Crippen LogP contribution in [0, 0.1) is 6.92 Å². The van der Waals surface area contributed by atoms with E-state index in [0.29, 0.717) is 23.8 Å². The topological polar surface area (TPSA) is 118 Å². The molecular weight excluding hydrogens is 508 g/mol. The van der Waals surface area contributed by atoms with Gasteiger partial charge >= 0.3 is 0 Å². The lowest BCUT2D eigenvalue weighted by Gasteiger charge is -2.29. The molecule has 0 saturated carbocycles. The number of phenolic OH excluding ortho intramolecular Hbond substituents is 2. The second-order valence-corrected chi connectivity index (χ2v) is 10.3. The van der Waals surface area contributed by atoms with Gasteiger partial charge in [-0.15, -0.1) is 0 Å². The Morgan fingerprint density at radius 2 is 1.89 bits per heavy atom. The van der Waals surface area contributed by atoms with Crippen molar-refractivity contribution < 1.29 is 29.3 Å². The number of allylic oxidation sites excluding steroid dienone is 4. The number of nitrogens with one attached hydrogen (secondary N) is 1. The molecule has 0 spiro atoms. The summed E-state index contributed by atoms with van der Waals surface area (Å²) in [5.74, 6) is -2.42. The van der Waals surface area contributed by atoms with Crippen molar-refractivity contribution in [2.24, 2.45) is 0 Å². The van der Waals surface area contributed by atoms with Crippen molar-refractivity contribution in [2.45, 2.75) is 46.1 Å². The van der Waals surface area contributed by atoms with E-state index in [4.69, 9.17) is 16.3 Å². The molecule has 9 heteroatoms. The number of fused-ring (bicyclic) bond motifs is 4. The average Bonchev–Trinajstić information content (AvgIpc) is 3.38. The highest BCUT2D eigenvalue weighted by Crippen LogP contribution is 2.57. The summed E-state index contributed by atoms with van der Waals surface area (Å²) >= 11 is 6.14. The summed E-state index contributed by atoms with van der Waals surface area (Å²) in [6, 6.07) is 7.75. The molecule has 0 unspecified atom stereocenters. The number of hydrogen-bond donors (Lipinski definition) is 3. The zero-order valence-electron chi connectivity index (χ0n) is 21.4. The number of rotatable bonds is 6. The highest BCUT2D eigenvalue weighted by atomic mass is 35.5. The predicted molar refractivity (Wildman–Crippen MR) is 143 cm³/mol. The predicted octanol–water partition coefficient (Wildman–Crippen LogP) is 4.86. The SMILES string of the molecule is CC(=O)c1c(O)c(C)c(O)c2c1OC1=CC(=O)/C(=C(/C)NCCCn3ccc4ccc(Cl)cc43)C(=O)[C@@]12C. The number of aromatic hydroxyl groups is 2.